The molecule has 1 heterocycles. The summed E-state index contributed by atoms with van der Waals surface area (Å²) in [6.45, 7) is 4.68. The van der Waals surface area contributed by atoms with E-state index in [0.29, 0.717) is 24.7 Å². The second kappa shape index (κ2) is 14.7. The van der Waals surface area contributed by atoms with Crippen LogP contribution in [0.15, 0.2) is 18.2 Å². The van der Waals surface area contributed by atoms with Crippen molar-refractivity contribution in [2.45, 2.75) is 39.5 Å². The molecule has 1 aromatic carbocycles. The number of nitrogens with zero attached hydrogens (tertiary/aromatic N) is 2. The molecule has 1 aromatic heterocycles. The monoisotopic (exact) mass is 526 g/mol. The number of benzene rings is 1. The average molecular weight is 527 g/mol. The molecule has 36 heavy (non-hydrogen) atoms. The number of methoxy groups -OCH3 is 1. The number of amides is 1. The summed E-state index contributed by atoms with van der Waals surface area (Å²) in [4.78, 5) is 38.0. The van der Waals surface area contributed by atoms with Gasteiger partial charge in [-0.1, -0.05) is 25.5 Å². The predicted octanol–water partition coefficient (Wildman–Crippen LogP) is 1.93. The number of nitrogens with one attached hydrogen (secondary N) is 1. The van der Waals surface area contributed by atoms with Crippen LogP contribution < -0.4 is 20.5 Å². The van der Waals surface area contributed by atoms with E-state index in [9.17, 15) is 9.36 Å². The van der Waals surface area contributed by atoms with Gasteiger partial charge in [-0.3, -0.25) is 9.32 Å². The van der Waals surface area contributed by atoms with Gasteiger partial charge in [-0.25, -0.2) is 9.55 Å². The first-order chi connectivity index (χ1) is 17.1. The molecule has 5 N–H and O–H groups in total. The predicted molar refractivity (Wildman–Crippen MR) is 133 cm³/mol. The van der Waals surface area contributed by atoms with Crippen molar-refractivity contribution in [2.75, 3.05) is 45.8 Å². The maximum absolute atomic E-state index is 12.3. The van der Waals surface area contributed by atoms with Gasteiger partial charge in [-0.2, -0.15) is 4.98 Å². The van der Waals surface area contributed by atoms with E-state index in [0.717, 1.165) is 35.2 Å². The molecule has 200 valence electrons. The first-order valence-electron chi connectivity index (χ1n) is 11.6. The summed E-state index contributed by atoms with van der Waals surface area (Å²) in [5, 5.41) is 2.73. The molecule has 0 atom stereocenters. The van der Waals surface area contributed by atoms with Crippen LogP contribution in [0.2, 0.25) is 0 Å². The summed E-state index contributed by atoms with van der Waals surface area (Å²) < 4.78 is 31.4. The average Bonchev–Trinajstić information content (AvgIpc) is 2.80. The highest BCUT2D eigenvalue weighted by Crippen LogP contribution is 2.35. The highest BCUT2D eigenvalue weighted by Gasteiger charge is 2.16. The summed E-state index contributed by atoms with van der Waals surface area (Å²) in [5.41, 5.74) is 9.05. The highest BCUT2D eigenvalue weighted by molar-refractivity contribution is 7.46. The van der Waals surface area contributed by atoms with Gasteiger partial charge in [0.1, 0.15) is 5.75 Å². The normalized spacial score (nSPS) is 11.4. The van der Waals surface area contributed by atoms with Gasteiger partial charge in [0.2, 0.25) is 17.7 Å². The minimum absolute atomic E-state index is 0.00349. The van der Waals surface area contributed by atoms with E-state index >= 15 is 0 Å². The summed E-state index contributed by atoms with van der Waals surface area (Å²) >= 11 is 0. The minimum atomic E-state index is -4.50. The molecule has 0 saturated carbocycles. The number of phosphoric ester groups is 1. The topological polar surface area (TPSA) is 175 Å². The molecule has 0 saturated heterocycles. The minimum Gasteiger partial charge on any atom is -0.496 e. The SMILES string of the molecule is CCCCOc1nc(N)nc(C)c1Cc1ccc(CC(=O)NCCOCCOP(=O)(O)O)cc1OC. The summed E-state index contributed by atoms with van der Waals surface area (Å²) in [7, 11) is -2.93. The van der Waals surface area contributed by atoms with Crippen molar-refractivity contribution in [3.05, 3.63) is 40.6 Å². The number of hydrogen-bond acceptors (Lipinski definition) is 9. The molecular weight excluding hydrogens is 491 g/mol. The van der Waals surface area contributed by atoms with E-state index in [1.807, 2.05) is 25.1 Å². The molecule has 0 bridgehead atoms. The van der Waals surface area contributed by atoms with Gasteiger partial charge in [0, 0.05) is 18.5 Å². The highest BCUT2D eigenvalue weighted by atomic mass is 31.2. The first-order valence-corrected chi connectivity index (χ1v) is 13.1. The Morgan fingerprint density at radius 2 is 1.94 bits per heavy atom. The zero-order valence-corrected chi connectivity index (χ0v) is 21.8. The zero-order chi connectivity index (χ0) is 26.6. The Morgan fingerprint density at radius 3 is 2.64 bits per heavy atom. The van der Waals surface area contributed by atoms with Crippen molar-refractivity contribution in [1.82, 2.24) is 15.3 Å². The molecule has 12 nitrogen and oxygen atoms in total. The summed E-state index contributed by atoms with van der Waals surface area (Å²) in [6.07, 6.45) is 2.53. The van der Waals surface area contributed by atoms with Crippen LogP contribution in [0.4, 0.5) is 5.95 Å². The Labute approximate surface area is 210 Å². The zero-order valence-electron chi connectivity index (χ0n) is 20.9. The molecule has 1 amide bonds. The van der Waals surface area contributed by atoms with E-state index in [2.05, 4.69) is 26.7 Å². The summed E-state index contributed by atoms with van der Waals surface area (Å²) in [5.74, 6) is 1.06. The Hall–Kier alpha value is -2.76. The number of carbonyl (C=O) groups excluding carboxylic acids is 1. The van der Waals surface area contributed by atoms with E-state index in [1.165, 1.54) is 0 Å². The first kappa shape index (κ1) is 29.5. The van der Waals surface area contributed by atoms with Crippen molar-refractivity contribution in [1.29, 1.82) is 0 Å². The van der Waals surface area contributed by atoms with Gasteiger partial charge in [0.15, 0.2) is 0 Å². The fourth-order valence-corrected chi connectivity index (χ4v) is 3.60. The number of rotatable bonds is 16. The lowest BCUT2D eigenvalue weighted by Gasteiger charge is -2.15. The fourth-order valence-electron chi connectivity index (χ4n) is 3.29. The fraction of sp³-hybridized carbons (Fsp3) is 0.522. The third-order valence-electron chi connectivity index (χ3n) is 5.07. The number of phosphoric acid groups is 1. The van der Waals surface area contributed by atoms with E-state index < -0.39 is 7.82 Å². The quantitative estimate of drug-likeness (QED) is 0.186. The van der Waals surface area contributed by atoms with Gasteiger partial charge >= 0.3 is 7.82 Å². The van der Waals surface area contributed by atoms with Crippen molar-refractivity contribution in [3.63, 3.8) is 0 Å². The Balaban J connectivity index is 1.94. The number of anilines is 1. The van der Waals surface area contributed by atoms with Crippen LogP contribution in [0, 0.1) is 6.92 Å². The van der Waals surface area contributed by atoms with Crippen LogP contribution in [-0.2, 0) is 31.5 Å². The second-order valence-corrected chi connectivity index (χ2v) is 9.18. The third kappa shape index (κ3) is 10.5. The molecular formula is C23H35N4O8P. The molecule has 0 aliphatic rings. The van der Waals surface area contributed by atoms with Crippen molar-refractivity contribution in [2.24, 2.45) is 0 Å². The smallest absolute Gasteiger partial charge is 0.469 e. The van der Waals surface area contributed by atoms with Crippen LogP contribution >= 0.6 is 7.82 Å². The van der Waals surface area contributed by atoms with Gasteiger partial charge in [0.05, 0.1) is 45.7 Å². The summed E-state index contributed by atoms with van der Waals surface area (Å²) in [6, 6.07) is 5.57. The molecule has 0 aliphatic carbocycles. The van der Waals surface area contributed by atoms with Crippen molar-refractivity contribution >= 4 is 19.7 Å². The van der Waals surface area contributed by atoms with Crippen molar-refractivity contribution in [3.8, 4) is 11.6 Å². The lowest BCUT2D eigenvalue weighted by atomic mass is 10.0. The van der Waals surface area contributed by atoms with Crippen LogP contribution in [0.5, 0.6) is 11.6 Å². The number of nitrogen functional groups attached to an aromatic ring is 1. The number of carbonyl (C=O) groups is 1. The van der Waals surface area contributed by atoms with Gasteiger partial charge in [-0.15, -0.1) is 0 Å². The lowest BCUT2D eigenvalue weighted by Crippen LogP contribution is -2.29. The maximum Gasteiger partial charge on any atom is 0.469 e. The largest absolute Gasteiger partial charge is 0.496 e. The number of aryl methyl sites for hydroxylation is 1. The van der Waals surface area contributed by atoms with Crippen molar-refractivity contribution < 1.29 is 37.9 Å². The standard InChI is InChI=1S/C23H35N4O8P/c1-4-5-9-34-22-19(16(2)26-23(24)27-22)15-18-7-6-17(13-20(18)32-3)14-21(28)25-8-10-33-11-12-35-36(29,30)31/h6-7,13H,4-5,8-12,14-15H2,1-3H3,(H,25,28)(H2,24,26,27)(H2,29,30,31). The number of nitrogens with two attached hydrogens (primary N) is 1. The second-order valence-electron chi connectivity index (χ2n) is 7.94. The Morgan fingerprint density at radius 1 is 1.17 bits per heavy atom. The van der Waals surface area contributed by atoms with Gasteiger partial charge in [0.25, 0.3) is 0 Å². The molecule has 2 aromatic rings. The van der Waals surface area contributed by atoms with Gasteiger partial charge < -0.3 is 35.0 Å². The van der Waals surface area contributed by atoms with Crippen LogP contribution in [0.25, 0.3) is 0 Å². The number of unbranched alkanes of at least 4 members (excludes halogenated alkanes) is 1. The Kier molecular flexibility index (Phi) is 12.0. The molecule has 0 spiro atoms. The van der Waals surface area contributed by atoms with E-state index in [4.69, 9.17) is 29.7 Å². The number of ether oxygens (including phenoxy) is 3. The number of aromatic nitrogens is 2. The molecule has 0 fully saturated rings. The molecule has 2 rings (SSSR count). The van der Waals surface area contributed by atoms with Crippen LogP contribution in [0.1, 0.15) is 42.1 Å². The molecule has 0 aliphatic heterocycles. The van der Waals surface area contributed by atoms with Crippen LogP contribution in [-0.4, -0.2) is 65.7 Å². The van der Waals surface area contributed by atoms with E-state index in [1.54, 1.807) is 7.11 Å². The lowest BCUT2D eigenvalue weighted by molar-refractivity contribution is -0.120. The Bertz CT molecular complexity index is 1050. The van der Waals surface area contributed by atoms with Crippen LogP contribution in [0.3, 0.4) is 0 Å². The number of hydrogen-bond donors (Lipinski definition) is 4. The van der Waals surface area contributed by atoms with E-state index in [-0.39, 0.29) is 44.6 Å². The third-order valence-corrected chi connectivity index (χ3v) is 5.59. The molecule has 0 unspecified atom stereocenters. The molecule has 0 radical (unpaired) electrons. The molecule has 13 heteroatoms. The van der Waals surface area contributed by atoms with Gasteiger partial charge in [-0.05, 0) is 30.5 Å². The maximum atomic E-state index is 12.3.